The van der Waals surface area contributed by atoms with Crippen LogP contribution in [0, 0.1) is 6.92 Å². The van der Waals surface area contributed by atoms with Gasteiger partial charge < -0.3 is 20.8 Å². The fraction of sp³-hybridized carbons (Fsp3) is 0.0263. The van der Waals surface area contributed by atoms with Gasteiger partial charge in [0.2, 0.25) is 0 Å². The topological polar surface area (TPSA) is 349 Å². The zero-order valence-corrected chi connectivity index (χ0v) is 34.9. The lowest BCUT2D eigenvalue weighted by Gasteiger charge is -2.13. The maximum Gasteiger partial charge on any atom is 0.323 e. The van der Waals surface area contributed by atoms with E-state index in [0.717, 1.165) is 30.3 Å². The highest BCUT2D eigenvalue weighted by Gasteiger charge is 2.24. The number of urea groups is 1. The number of aryl methyl sites for hydroxylation is 1. The number of anilines is 2. The van der Waals surface area contributed by atoms with Gasteiger partial charge in [0.25, 0.3) is 40.5 Å². The van der Waals surface area contributed by atoms with E-state index < -0.39 is 84.1 Å². The highest BCUT2D eigenvalue weighted by molar-refractivity contribution is 7.86. The first kappa shape index (κ1) is 44.1. The number of fused-ring (bicyclic) bond motifs is 3. The average molecular weight is 937 g/mol. The van der Waals surface area contributed by atoms with Crippen LogP contribution in [0.5, 0.6) is 11.5 Å². The summed E-state index contributed by atoms with van der Waals surface area (Å²) in [7, 11) is -19.1. The molecule has 0 atom stereocenters. The van der Waals surface area contributed by atoms with Gasteiger partial charge >= 0.3 is 6.03 Å². The molecule has 0 aliphatic carbocycles. The Morgan fingerprint density at radius 2 is 0.937 bits per heavy atom. The second-order valence-electron chi connectivity index (χ2n) is 13.5. The average Bonchev–Trinajstić information content (AvgIpc) is 3.18. The molecule has 0 aromatic heterocycles. The first-order valence-electron chi connectivity index (χ1n) is 17.4. The number of nitrogens with zero attached hydrogens (tertiary/aromatic N) is 4. The quantitative estimate of drug-likeness (QED) is 0.0472. The van der Waals surface area contributed by atoms with Gasteiger partial charge in [0.15, 0.2) is 11.5 Å². The van der Waals surface area contributed by atoms with Crippen LogP contribution in [0.2, 0.25) is 0 Å². The number of hydrogen-bond acceptors (Lipinski definition) is 15. The van der Waals surface area contributed by atoms with Gasteiger partial charge in [0, 0.05) is 22.1 Å². The molecule has 0 aliphatic heterocycles. The van der Waals surface area contributed by atoms with Crippen LogP contribution >= 0.6 is 0 Å². The van der Waals surface area contributed by atoms with Crippen LogP contribution in [0.15, 0.2) is 143 Å². The zero-order valence-electron chi connectivity index (χ0n) is 31.6. The smallest absolute Gasteiger partial charge is 0.323 e. The number of azo groups is 2. The van der Waals surface area contributed by atoms with E-state index in [1.807, 2.05) is 0 Å². The molecule has 324 valence electrons. The van der Waals surface area contributed by atoms with E-state index in [4.69, 9.17) is 0 Å². The lowest BCUT2D eigenvalue weighted by molar-refractivity contribution is 0.262. The predicted molar refractivity (Wildman–Crippen MR) is 227 cm³/mol. The Labute approximate surface area is 356 Å². The minimum atomic E-state index is -5.06. The molecule has 63 heavy (non-hydrogen) atoms. The number of amides is 2. The summed E-state index contributed by atoms with van der Waals surface area (Å²) < 4.78 is 134. The van der Waals surface area contributed by atoms with E-state index in [9.17, 15) is 66.9 Å². The van der Waals surface area contributed by atoms with Gasteiger partial charge in [0.05, 0.1) is 21.2 Å². The molecule has 7 rings (SSSR count). The molecule has 0 spiro atoms. The second kappa shape index (κ2) is 16.1. The summed E-state index contributed by atoms with van der Waals surface area (Å²) in [6.45, 7) is 1.43. The first-order chi connectivity index (χ1) is 29.4. The van der Waals surface area contributed by atoms with Crippen LogP contribution in [-0.2, 0) is 40.5 Å². The molecule has 0 unspecified atom stereocenters. The van der Waals surface area contributed by atoms with Gasteiger partial charge in [-0.15, -0.1) is 10.2 Å². The molecule has 0 fully saturated rings. The number of carbonyl (C=O) groups excluding carboxylic acids is 1. The summed E-state index contributed by atoms with van der Waals surface area (Å²) in [6.07, 6.45) is 0. The van der Waals surface area contributed by atoms with Crippen molar-refractivity contribution in [3.8, 4) is 11.5 Å². The Morgan fingerprint density at radius 1 is 0.476 bits per heavy atom. The molecule has 7 aromatic carbocycles. The Bertz CT molecular complexity index is 3640. The van der Waals surface area contributed by atoms with E-state index in [0.29, 0.717) is 10.8 Å². The van der Waals surface area contributed by atoms with E-state index in [-0.39, 0.29) is 54.8 Å². The van der Waals surface area contributed by atoms with Gasteiger partial charge in [-0.3, -0.25) is 18.2 Å². The van der Waals surface area contributed by atoms with Crippen LogP contribution < -0.4 is 10.6 Å². The molecule has 2 amide bonds. The number of aromatic hydroxyl groups is 2. The van der Waals surface area contributed by atoms with Crippen LogP contribution in [0.25, 0.3) is 32.3 Å². The van der Waals surface area contributed by atoms with E-state index in [2.05, 4.69) is 31.1 Å². The summed E-state index contributed by atoms with van der Waals surface area (Å²) in [5.41, 5.74) is -0.784. The molecule has 0 aliphatic rings. The molecule has 8 N–H and O–H groups in total. The van der Waals surface area contributed by atoms with E-state index in [1.165, 1.54) is 79.7 Å². The van der Waals surface area contributed by atoms with Crippen molar-refractivity contribution in [1.29, 1.82) is 0 Å². The Kier molecular flexibility index (Phi) is 11.2. The predicted octanol–water partition coefficient (Wildman–Crippen LogP) is 8.33. The monoisotopic (exact) mass is 936 g/mol. The van der Waals surface area contributed by atoms with Crippen LogP contribution in [-0.4, -0.2) is 68.1 Å². The summed E-state index contributed by atoms with van der Waals surface area (Å²) in [4.78, 5) is 10.6. The Balaban J connectivity index is 1.14. The summed E-state index contributed by atoms with van der Waals surface area (Å²) in [5.74, 6) is -1.43. The van der Waals surface area contributed by atoms with Crippen molar-refractivity contribution in [1.82, 2.24) is 0 Å². The van der Waals surface area contributed by atoms with Gasteiger partial charge in [-0.05, 0) is 125 Å². The molecule has 0 radical (unpaired) electrons. The molecule has 7 aromatic rings. The number of carbonyl (C=O) groups is 1. The normalized spacial score (nSPS) is 12.8. The van der Waals surface area contributed by atoms with Crippen LogP contribution in [0.1, 0.15) is 5.56 Å². The Hall–Kier alpha value is -6.97. The third kappa shape index (κ3) is 9.44. The molecule has 21 nitrogen and oxygen atoms in total. The summed E-state index contributed by atoms with van der Waals surface area (Å²) in [5, 5.41) is 43.7. The summed E-state index contributed by atoms with van der Waals surface area (Å²) in [6, 6.07) is 20.3. The molecule has 0 saturated heterocycles. The lowest BCUT2D eigenvalue weighted by Crippen LogP contribution is -2.19. The van der Waals surface area contributed by atoms with Crippen molar-refractivity contribution < 1.29 is 66.9 Å². The molecular formula is C38H28N6O15S4. The van der Waals surface area contributed by atoms with Crippen molar-refractivity contribution >= 4 is 113 Å². The number of hydrogen-bond donors (Lipinski definition) is 8. The molecule has 25 heteroatoms. The number of phenolic OH excluding ortho intramolecular Hbond substituents is 2. The lowest BCUT2D eigenvalue weighted by atomic mass is 10.1. The maximum atomic E-state index is 13.1. The second-order valence-corrected chi connectivity index (χ2v) is 19.2. The fourth-order valence-corrected chi connectivity index (χ4v) is 8.68. The standard InChI is InChI=1S/C38H28N6O15S4/c1-19-12-27(60(48,49)50)8-11-31(19)42-44-35-33(63(57,58)59)18-23-15-25(6-10-30(23)37(35)46)40-38(47)39-24-5-9-29-22(14-24)17-32(62(54,55)56)34(36(29)45)43-41-26-4-2-21-16-28(61(51,52)53)7-3-20(21)13-26/h2-18,45-46H,1H3,(H2,39,40,47)(H,48,49,50)(H,51,52,53)(H,54,55,56)(H,57,58,59). The van der Waals surface area contributed by atoms with Gasteiger partial charge in [-0.25, -0.2) is 4.79 Å². The minimum Gasteiger partial charge on any atom is -0.505 e. The minimum absolute atomic E-state index is 0.00678. The molecule has 0 saturated carbocycles. The number of rotatable bonds is 10. The summed E-state index contributed by atoms with van der Waals surface area (Å²) >= 11 is 0. The van der Waals surface area contributed by atoms with E-state index in [1.54, 1.807) is 0 Å². The number of nitrogens with one attached hydrogen (secondary N) is 2. The SMILES string of the molecule is Cc1cc(S(=O)(=O)O)ccc1N=Nc1c(S(=O)(=O)O)cc2cc(NC(=O)Nc3ccc4c(O)c(N=Nc5ccc6cc(S(=O)(=O)O)ccc6c5)c(S(=O)(=O)O)cc4c3)ccc2c1O. The fourth-order valence-electron chi connectivity index (χ4n) is 6.28. The Morgan fingerprint density at radius 3 is 1.43 bits per heavy atom. The van der Waals surface area contributed by atoms with Crippen molar-refractivity contribution in [2.75, 3.05) is 10.6 Å². The van der Waals surface area contributed by atoms with Gasteiger partial charge in [-0.1, -0.05) is 12.1 Å². The van der Waals surface area contributed by atoms with Gasteiger partial charge in [0.1, 0.15) is 21.2 Å². The molecule has 0 bridgehead atoms. The highest BCUT2D eigenvalue weighted by Crippen LogP contribution is 2.44. The molecule has 0 heterocycles. The van der Waals surface area contributed by atoms with Crippen molar-refractivity contribution in [3.63, 3.8) is 0 Å². The zero-order chi connectivity index (χ0) is 45.8. The third-order valence-corrected chi connectivity index (χ3v) is 12.7. The van der Waals surface area contributed by atoms with Crippen LogP contribution in [0.4, 0.5) is 38.9 Å². The van der Waals surface area contributed by atoms with Crippen molar-refractivity contribution in [2.45, 2.75) is 26.5 Å². The largest absolute Gasteiger partial charge is 0.505 e. The van der Waals surface area contributed by atoms with Crippen LogP contribution in [0.3, 0.4) is 0 Å². The first-order valence-corrected chi connectivity index (χ1v) is 23.2. The molecular weight excluding hydrogens is 909 g/mol. The highest BCUT2D eigenvalue weighted by atomic mass is 32.2. The van der Waals surface area contributed by atoms with Crippen molar-refractivity contribution in [2.24, 2.45) is 20.5 Å². The number of phenols is 2. The van der Waals surface area contributed by atoms with E-state index >= 15 is 0 Å². The number of benzene rings is 7. The third-order valence-electron chi connectivity index (χ3n) is 9.26. The van der Waals surface area contributed by atoms with Crippen molar-refractivity contribution in [3.05, 3.63) is 109 Å². The van der Waals surface area contributed by atoms with Gasteiger partial charge in [-0.2, -0.15) is 43.9 Å². The maximum absolute atomic E-state index is 13.1.